The quantitative estimate of drug-likeness (QED) is 0.430. The van der Waals surface area contributed by atoms with Crippen molar-refractivity contribution < 1.29 is 14.2 Å². The lowest BCUT2D eigenvalue weighted by molar-refractivity contribution is -0.864. The van der Waals surface area contributed by atoms with Crippen LogP contribution in [-0.2, 0) is 9.53 Å². The molecule has 0 N–H and O–H groups in total. The van der Waals surface area contributed by atoms with Crippen molar-refractivity contribution in [1.82, 2.24) is 4.90 Å². The fraction of sp³-hybridized carbons (Fsp3) is 0.875. The van der Waals surface area contributed by atoms with Gasteiger partial charge in [-0.3, -0.25) is 4.79 Å². The van der Waals surface area contributed by atoms with Crippen molar-refractivity contribution in [2.45, 2.75) is 0 Å². The second-order valence-corrected chi connectivity index (χ2v) is 3.56. The van der Waals surface area contributed by atoms with Crippen LogP contribution in [0, 0.1) is 5.21 Å². The molecule has 0 aromatic carbocycles. The number of ether oxygens (including phenoxy) is 1. The maximum absolute atomic E-state index is 11.4. The van der Waals surface area contributed by atoms with Crippen molar-refractivity contribution in [3.63, 3.8) is 0 Å². The highest BCUT2D eigenvalue weighted by atomic mass is 16.5. The first-order valence-electron chi connectivity index (χ1n) is 4.37. The van der Waals surface area contributed by atoms with Crippen LogP contribution in [0.2, 0.25) is 0 Å². The molecule has 0 saturated carbocycles. The normalized spacial score (nSPS) is 21.6. The Kier molecular flexibility index (Phi) is 3.24. The number of piperazine rings is 1. The number of amides is 1. The van der Waals surface area contributed by atoms with Gasteiger partial charge in [0.2, 0.25) is 5.91 Å². The zero-order chi connectivity index (χ0) is 9.90. The standard InChI is InChI=1S/C8H16N2O3/c1-10(12)5-3-9(4-6-10)8(11)7-13-2/h3-7H2,1-2H3. The lowest BCUT2D eigenvalue weighted by Crippen LogP contribution is -2.55. The number of methoxy groups -OCH3 is 1. The Bertz CT molecular complexity index is 184. The molecular formula is C8H16N2O3. The summed E-state index contributed by atoms with van der Waals surface area (Å²) in [6.45, 7) is 2.16. The van der Waals surface area contributed by atoms with Gasteiger partial charge in [0.15, 0.2) is 0 Å². The summed E-state index contributed by atoms with van der Waals surface area (Å²) in [6.07, 6.45) is 0. The first-order valence-corrected chi connectivity index (χ1v) is 4.37. The zero-order valence-corrected chi connectivity index (χ0v) is 8.15. The van der Waals surface area contributed by atoms with Gasteiger partial charge >= 0.3 is 0 Å². The van der Waals surface area contributed by atoms with Crippen molar-refractivity contribution in [2.24, 2.45) is 0 Å². The van der Waals surface area contributed by atoms with E-state index in [1.807, 2.05) is 0 Å². The third kappa shape index (κ3) is 2.95. The largest absolute Gasteiger partial charge is 0.633 e. The monoisotopic (exact) mass is 188 g/mol. The Morgan fingerprint density at radius 1 is 1.54 bits per heavy atom. The molecule has 5 nitrogen and oxygen atoms in total. The average molecular weight is 188 g/mol. The van der Waals surface area contributed by atoms with Gasteiger partial charge < -0.3 is 19.5 Å². The van der Waals surface area contributed by atoms with Crippen LogP contribution in [-0.4, -0.2) is 62.4 Å². The molecule has 5 heteroatoms. The maximum Gasteiger partial charge on any atom is 0.248 e. The van der Waals surface area contributed by atoms with E-state index in [2.05, 4.69) is 0 Å². The Hall–Kier alpha value is -0.650. The molecule has 1 rings (SSSR count). The van der Waals surface area contributed by atoms with Crippen LogP contribution in [0.5, 0.6) is 0 Å². The number of likely N-dealkylation sites (N-methyl/N-ethyl adjacent to an activating group) is 1. The van der Waals surface area contributed by atoms with Gasteiger partial charge in [-0.05, 0) is 0 Å². The van der Waals surface area contributed by atoms with Crippen LogP contribution in [0.4, 0.5) is 0 Å². The lowest BCUT2D eigenvalue weighted by atomic mass is 10.3. The van der Waals surface area contributed by atoms with E-state index in [1.54, 1.807) is 11.9 Å². The molecule has 1 aliphatic heterocycles. The molecule has 0 aromatic heterocycles. The second-order valence-electron chi connectivity index (χ2n) is 3.56. The minimum Gasteiger partial charge on any atom is -0.633 e. The average Bonchev–Trinajstić information content (AvgIpc) is 2.04. The maximum atomic E-state index is 11.4. The molecular weight excluding hydrogens is 172 g/mol. The topological polar surface area (TPSA) is 52.6 Å². The summed E-state index contributed by atoms with van der Waals surface area (Å²) in [4.78, 5) is 13.0. The summed E-state index contributed by atoms with van der Waals surface area (Å²) >= 11 is 0. The number of quaternary nitrogens is 1. The predicted molar refractivity (Wildman–Crippen MR) is 47.7 cm³/mol. The Morgan fingerprint density at radius 2 is 2.08 bits per heavy atom. The highest BCUT2D eigenvalue weighted by molar-refractivity contribution is 5.77. The van der Waals surface area contributed by atoms with Crippen molar-refractivity contribution in [1.29, 1.82) is 0 Å². The van der Waals surface area contributed by atoms with Gasteiger partial charge in [-0.15, -0.1) is 0 Å². The molecule has 0 spiro atoms. The van der Waals surface area contributed by atoms with Gasteiger partial charge in [-0.25, -0.2) is 0 Å². The van der Waals surface area contributed by atoms with Gasteiger partial charge in [-0.1, -0.05) is 0 Å². The molecule has 1 amide bonds. The predicted octanol–water partition coefficient (Wildman–Crippen LogP) is -0.581. The highest BCUT2D eigenvalue weighted by Gasteiger charge is 2.24. The zero-order valence-electron chi connectivity index (χ0n) is 8.15. The van der Waals surface area contributed by atoms with Crippen molar-refractivity contribution in [2.75, 3.05) is 46.9 Å². The summed E-state index contributed by atoms with van der Waals surface area (Å²) in [5.74, 6) is -0.0257. The molecule has 0 bridgehead atoms. The molecule has 0 aliphatic carbocycles. The molecule has 0 atom stereocenters. The van der Waals surface area contributed by atoms with E-state index in [1.165, 1.54) is 7.11 Å². The van der Waals surface area contributed by atoms with Crippen LogP contribution < -0.4 is 0 Å². The molecule has 0 aromatic rings. The first-order chi connectivity index (χ1) is 6.05. The molecule has 0 unspecified atom stereocenters. The molecule has 1 saturated heterocycles. The highest BCUT2D eigenvalue weighted by Crippen LogP contribution is 2.07. The minimum absolute atomic E-state index is 0.0257. The van der Waals surface area contributed by atoms with Crippen molar-refractivity contribution >= 4 is 5.91 Å². The smallest absolute Gasteiger partial charge is 0.248 e. The van der Waals surface area contributed by atoms with E-state index in [9.17, 15) is 10.0 Å². The van der Waals surface area contributed by atoms with Gasteiger partial charge in [-0.2, -0.15) is 0 Å². The summed E-state index contributed by atoms with van der Waals surface area (Å²) in [5, 5.41) is 11.4. The van der Waals surface area contributed by atoms with Crippen LogP contribution in [0.25, 0.3) is 0 Å². The first kappa shape index (κ1) is 10.4. The van der Waals surface area contributed by atoms with Crippen molar-refractivity contribution in [3.05, 3.63) is 5.21 Å². The lowest BCUT2D eigenvalue weighted by Gasteiger charge is -2.45. The van der Waals surface area contributed by atoms with E-state index in [0.717, 1.165) is 0 Å². The van der Waals surface area contributed by atoms with E-state index >= 15 is 0 Å². The van der Waals surface area contributed by atoms with E-state index < -0.39 is 0 Å². The number of rotatable bonds is 2. The van der Waals surface area contributed by atoms with Crippen LogP contribution in [0.1, 0.15) is 0 Å². The van der Waals surface area contributed by atoms with E-state index in [0.29, 0.717) is 26.2 Å². The van der Waals surface area contributed by atoms with E-state index in [-0.39, 0.29) is 17.2 Å². The van der Waals surface area contributed by atoms with Crippen LogP contribution in [0.15, 0.2) is 0 Å². The van der Waals surface area contributed by atoms with Gasteiger partial charge in [0.05, 0.1) is 33.2 Å². The van der Waals surface area contributed by atoms with Crippen LogP contribution in [0.3, 0.4) is 0 Å². The summed E-state index contributed by atoms with van der Waals surface area (Å²) in [5.41, 5.74) is 0. The number of carbonyl (C=O) groups is 1. The fourth-order valence-electron chi connectivity index (χ4n) is 1.35. The van der Waals surface area contributed by atoms with Gasteiger partial charge in [0.1, 0.15) is 6.61 Å². The van der Waals surface area contributed by atoms with Gasteiger partial charge in [0.25, 0.3) is 0 Å². The third-order valence-electron chi connectivity index (χ3n) is 2.31. The number of hydrogen-bond donors (Lipinski definition) is 0. The number of hydrogen-bond acceptors (Lipinski definition) is 3. The number of carbonyl (C=O) groups excluding carboxylic acids is 1. The SMILES string of the molecule is COCC(=O)N1CC[N+](C)([O-])CC1. The summed E-state index contributed by atoms with van der Waals surface area (Å²) < 4.78 is 4.50. The molecule has 0 radical (unpaired) electrons. The Labute approximate surface area is 78.0 Å². The van der Waals surface area contributed by atoms with E-state index in [4.69, 9.17) is 4.74 Å². The molecule has 13 heavy (non-hydrogen) atoms. The second kappa shape index (κ2) is 4.04. The number of nitrogens with zero attached hydrogens (tertiary/aromatic N) is 2. The number of hydroxylamine groups is 3. The Morgan fingerprint density at radius 3 is 2.54 bits per heavy atom. The molecule has 1 heterocycles. The molecule has 1 fully saturated rings. The minimum atomic E-state index is -0.239. The third-order valence-corrected chi connectivity index (χ3v) is 2.31. The van der Waals surface area contributed by atoms with Crippen LogP contribution >= 0.6 is 0 Å². The van der Waals surface area contributed by atoms with Crippen molar-refractivity contribution in [3.8, 4) is 0 Å². The summed E-state index contributed by atoms with van der Waals surface area (Å²) in [7, 11) is 3.13. The fourth-order valence-corrected chi connectivity index (χ4v) is 1.35. The molecule has 76 valence electrons. The summed E-state index contributed by atoms with van der Waals surface area (Å²) in [6, 6.07) is 0. The molecule has 1 aliphatic rings. The Balaban J connectivity index is 2.36. The van der Waals surface area contributed by atoms with Gasteiger partial charge in [0, 0.05) is 7.11 Å².